The highest BCUT2D eigenvalue weighted by Gasteiger charge is 2.32. The zero-order chi connectivity index (χ0) is 24.1. The maximum Gasteiger partial charge on any atom is 0.416 e. The van der Waals surface area contributed by atoms with Crippen molar-refractivity contribution >= 4 is 17.4 Å². The summed E-state index contributed by atoms with van der Waals surface area (Å²) in [5, 5.41) is 6.73. The summed E-state index contributed by atoms with van der Waals surface area (Å²) in [6, 6.07) is 20.2. The van der Waals surface area contributed by atoms with Crippen LogP contribution in [0, 0.1) is 0 Å². The second kappa shape index (κ2) is 9.70. The lowest BCUT2D eigenvalue weighted by Gasteiger charge is -2.14. The Morgan fingerprint density at radius 1 is 1.00 bits per heavy atom. The molecule has 0 aliphatic carbocycles. The first-order valence-corrected chi connectivity index (χ1v) is 10.4. The number of alkyl halides is 3. The highest BCUT2D eigenvalue weighted by Crippen LogP contribution is 2.34. The predicted molar refractivity (Wildman–Crippen MR) is 123 cm³/mol. The number of ether oxygens (including phenoxy) is 1. The van der Waals surface area contributed by atoms with Crippen molar-refractivity contribution in [1.82, 2.24) is 9.78 Å². The van der Waals surface area contributed by atoms with E-state index in [-0.39, 0.29) is 5.56 Å². The summed E-state index contributed by atoms with van der Waals surface area (Å²) in [7, 11) is 0. The van der Waals surface area contributed by atoms with Crippen LogP contribution in [0.15, 0.2) is 85.1 Å². The van der Waals surface area contributed by atoms with Crippen molar-refractivity contribution in [2.75, 3.05) is 17.7 Å². The Kier molecular flexibility index (Phi) is 6.53. The van der Waals surface area contributed by atoms with Crippen molar-refractivity contribution in [3.8, 4) is 16.9 Å². The number of halogens is 3. The fraction of sp³-hybridized carbons (Fsp3) is 0.120. The van der Waals surface area contributed by atoms with Crippen molar-refractivity contribution in [1.29, 1.82) is 0 Å². The Labute approximate surface area is 193 Å². The van der Waals surface area contributed by atoms with Gasteiger partial charge in [-0.2, -0.15) is 18.3 Å². The van der Waals surface area contributed by atoms with Gasteiger partial charge in [-0.05, 0) is 53.6 Å². The van der Waals surface area contributed by atoms with E-state index in [0.29, 0.717) is 41.5 Å². The predicted octanol–water partition coefficient (Wildman–Crippen LogP) is 5.48. The number of aromatic nitrogens is 2. The number of nitrogens with two attached hydrogens (primary N) is 1. The quantitative estimate of drug-likeness (QED) is 0.378. The lowest BCUT2D eigenvalue weighted by molar-refractivity contribution is -0.137. The topological polar surface area (TPSA) is 82.2 Å². The summed E-state index contributed by atoms with van der Waals surface area (Å²) in [6.45, 7) is 0.866. The molecule has 4 rings (SSSR count). The van der Waals surface area contributed by atoms with Crippen LogP contribution in [-0.4, -0.2) is 22.3 Å². The molecular formula is C25H21F3N4O2. The van der Waals surface area contributed by atoms with Crippen molar-refractivity contribution in [3.63, 3.8) is 0 Å². The molecule has 0 aliphatic heterocycles. The van der Waals surface area contributed by atoms with Crippen LogP contribution in [0.1, 0.15) is 15.9 Å². The SMILES string of the molecule is Nc1ccn(CCOc2ccc(NC(=O)c3cc(C(F)(F)F)ccc3-c3ccccc3)cc2)n1. The molecular weight excluding hydrogens is 445 g/mol. The van der Waals surface area contributed by atoms with Crippen molar-refractivity contribution < 1.29 is 22.7 Å². The molecule has 1 heterocycles. The van der Waals surface area contributed by atoms with E-state index in [0.717, 1.165) is 12.1 Å². The number of hydrogen-bond donors (Lipinski definition) is 2. The summed E-state index contributed by atoms with van der Waals surface area (Å²) in [6.07, 6.45) is -2.82. The van der Waals surface area contributed by atoms with Gasteiger partial charge >= 0.3 is 6.18 Å². The summed E-state index contributed by atoms with van der Waals surface area (Å²) < 4.78 is 47.2. The summed E-state index contributed by atoms with van der Waals surface area (Å²) >= 11 is 0. The van der Waals surface area contributed by atoms with Gasteiger partial charge in [0.2, 0.25) is 0 Å². The summed E-state index contributed by atoms with van der Waals surface area (Å²) in [5.41, 5.74) is 6.09. The third-order valence-electron chi connectivity index (χ3n) is 5.04. The van der Waals surface area contributed by atoms with E-state index in [2.05, 4.69) is 10.4 Å². The van der Waals surface area contributed by atoms with E-state index < -0.39 is 17.6 Å². The molecule has 3 aromatic carbocycles. The highest BCUT2D eigenvalue weighted by atomic mass is 19.4. The van der Waals surface area contributed by atoms with Gasteiger partial charge in [0.25, 0.3) is 5.91 Å². The largest absolute Gasteiger partial charge is 0.492 e. The standard InChI is InChI=1S/C25H21F3N4O2/c26-25(27,28)18-6-11-21(17-4-2-1-3-5-17)22(16-18)24(33)30-19-7-9-20(10-8-19)34-15-14-32-13-12-23(29)31-32/h1-13,16H,14-15H2,(H2,29,31)(H,30,33). The molecule has 6 nitrogen and oxygen atoms in total. The van der Waals surface area contributed by atoms with Gasteiger partial charge in [0, 0.05) is 17.4 Å². The smallest absolute Gasteiger partial charge is 0.416 e. The third kappa shape index (κ3) is 5.55. The maximum atomic E-state index is 13.3. The van der Waals surface area contributed by atoms with Crippen LogP contribution in [0.5, 0.6) is 5.75 Å². The average molecular weight is 466 g/mol. The number of benzene rings is 3. The maximum absolute atomic E-state index is 13.3. The zero-order valence-corrected chi connectivity index (χ0v) is 17.9. The van der Waals surface area contributed by atoms with Gasteiger partial charge in [0.1, 0.15) is 18.2 Å². The molecule has 1 amide bonds. The lowest BCUT2D eigenvalue weighted by atomic mass is 9.96. The number of rotatable bonds is 7. The number of carbonyl (C=O) groups is 1. The Morgan fingerprint density at radius 3 is 2.38 bits per heavy atom. The van der Waals surface area contributed by atoms with Crippen LogP contribution in [-0.2, 0) is 12.7 Å². The molecule has 0 saturated heterocycles. The number of amides is 1. The molecule has 9 heteroatoms. The molecule has 1 aromatic heterocycles. The van der Waals surface area contributed by atoms with E-state index in [1.807, 2.05) is 0 Å². The number of nitrogen functional groups attached to an aromatic ring is 1. The minimum atomic E-state index is -4.56. The summed E-state index contributed by atoms with van der Waals surface area (Å²) in [4.78, 5) is 13.0. The molecule has 0 unspecified atom stereocenters. The Hall–Kier alpha value is -4.27. The van der Waals surface area contributed by atoms with Crippen molar-refractivity contribution in [2.24, 2.45) is 0 Å². The van der Waals surface area contributed by atoms with Gasteiger partial charge in [0.05, 0.1) is 12.1 Å². The molecule has 0 spiro atoms. The minimum absolute atomic E-state index is 0.0696. The van der Waals surface area contributed by atoms with Crippen LogP contribution < -0.4 is 15.8 Å². The molecule has 3 N–H and O–H groups in total. The van der Waals surface area contributed by atoms with Gasteiger partial charge < -0.3 is 15.8 Å². The molecule has 0 saturated carbocycles. The van der Waals surface area contributed by atoms with Crippen LogP contribution in [0.25, 0.3) is 11.1 Å². The lowest BCUT2D eigenvalue weighted by Crippen LogP contribution is -2.15. The first-order chi connectivity index (χ1) is 16.3. The Bertz CT molecular complexity index is 1270. The van der Waals surface area contributed by atoms with E-state index in [1.54, 1.807) is 71.5 Å². The van der Waals surface area contributed by atoms with Crippen LogP contribution in [0.4, 0.5) is 24.7 Å². The monoisotopic (exact) mass is 466 g/mol. The zero-order valence-electron chi connectivity index (χ0n) is 17.9. The molecule has 174 valence electrons. The van der Waals surface area contributed by atoms with Crippen molar-refractivity contribution in [2.45, 2.75) is 12.7 Å². The fourth-order valence-corrected chi connectivity index (χ4v) is 3.37. The molecule has 0 fully saturated rings. The van der Waals surface area contributed by atoms with Gasteiger partial charge in [0.15, 0.2) is 0 Å². The molecule has 4 aromatic rings. The third-order valence-corrected chi connectivity index (χ3v) is 5.04. The second-order valence-corrected chi connectivity index (χ2v) is 7.45. The van der Waals surface area contributed by atoms with E-state index >= 15 is 0 Å². The Morgan fingerprint density at radius 2 is 1.74 bits per heavy atom. The van der Waals surface area contributed by atoms with Gasteiger partial charge in [-0.3, -0.25) is 9.48 Å². The van der Waals surface area contributed by atoms with Gasteiger partial charge in [-0.15, -0.1) is 0 Å². The fourth-order valence-electron chi connectivity index (χ4n) is 3.37. The number of carbonyl (C=O) groups excluding carboxylic acids is 1. The normalized spacial score (nSPS) is 11.3. The number of anilines is 2. The number of nitrogens with zero attached hydrogens (tertiary/aromatic N) is 2. The second-order valence-electron chi connectivity index (χ2n) is 7.45. The first kappa shape index (κ1) is 22.9. The summed E-state index contributed by atoms with van der Waals surface area (Å²) in [5.74, 6) is 0.355. The Balaban J connectivity index is 1.48. The molecule has 0 radical (unpaired) electrons. The van der Waals surface area contributed by atoms with E-state index in [9.17, 15) is 18.0 Å². The van der Waals surface area contributed by atoms with Crippen molar-refractivity contribution in [3.05, 3.63) is 96.2 Å². The first-order valence-electron chi connectivity index (χ1n) is 10.4. The van der Waals surface area contributed by atoms with Gasteiger partial charge in [-0.25, -0.2) is 0 Å². The highest BCUT2D eigenvalue weighted by molar-refractivity contribution is 6.08. The number of nitrogens with one attached hydrogen (secondary N) is 1. The van der Waals surface area contributed by atoms with Crippen LogP contribution in [0.2, 0.25) is 0 Å². The molecule has 0 bridgehead atoms. The molecule has 0 aliphatic rings. The minimum Gasteiger partial charge on any atom is -0.492 e. The van der Waals surface area contributed by atoms with Gasteiger partial charge in [-0.1, -0.05) is 36.4 Å². The van der Waals surface area contributed by atoms with Crippen LogP contribution >= 0.6 is 0 Å². The average Bonchev–Trinajstić information content (AvgIpc) is 3.24. The van der Waals surface area contributed by atoms with E-state index in [1.165, 1.54) is 6.07 Å². The number of hydrogen-bond acceptors (Lipinski definition) is 4. The molecule has 0 atom stereocenters. The van der Waals surface area contributed by atoms with E-state index in [4.69, 9.17) is 10.5 Å². The molecule has 34 heavy (non-hydrogen) atoms. The van der Waals surface area contributed by atoms with Crippen LogP contribution in [0.3, 0.4) is 0 Å².